The summed E-state index contributed by atoms with van der Waals surface area (Å²) in [6.07, 6.45) is 2.05. The van der Waals surface area contributed by atoms with Crippen molar-refractivity contribution in [1.29, 1.82) is 0 Å². The lowest BCUT2D eigenvalue weighted by Gasteiger charge is -2.07. The Labute approximate surface area is 118 Å². The van der Waals surface area contributed by atoms with E-state index in [1.54, 1.807) is 18.2 Å². The van der Waals surface area contributed by atoms with Gasteiger partial charge < -0.3 is 10.6 Å². The monoisotopic (exact) mass is 330 g/mol. The molecule has 6 heteroatoms. The Kier molecular flexibility index (Phi) is 4.24. The van der Waals surface area contributed by atoms with Gasteiger partial charge in [-0.25, -0.2) is 0 Å². The lowest BCUT2D eigenvalue weighted by atomic mass is 10.2. The summed E-state index contributed by atoms with van der Waals surface area (Å²) in [7, 11) is 0. The Morgan fingerprint density at radius 2 is 2.11 bits per heavy atom. The Morgan fingerprint density at radius 3 is 2.78 bits per heavy atom. The van der Waals surface area contributed by atoms with Crippen molar-refractivity contribution in [3.8, 4) is 0 Å². The number of amides is 2. The van der Waals surface area contributed by atoms with Crippen molar-refractivity contribution in [2.75, 3.05) is 6.54 Å². The normalized spacial score (nSPS) is 14.1. The van der Waals surface area contributed by atoms with Crippen LogP contribution in [0.25, 0.3) is 0 Å². The minimum absolute atomic E-state index is 0.0196. The van der Waals surface area contributed by atoms with Crippen LogP contribution in [0.2, 0.25) is 5.02 Å². The summed E-state index contributed by atoms with van der Waals surface area (Å²) < 4.78 is 0.645. The van der Waals surface area contributed by atoms with Crippen LogP contribution in [-0.2, 0) is 4.79 Å². The van der Waals surface area contributed by atoms with Gasteiger partial charge in [-0.3, -0.25) is 9.59 Å². The van der Waals surface area contributed by atoms with E-state index in [-0.39, 0.29) is 18.4 Å². The Hall–Kier alpha value is -1.07. The molecule has 1 aliphatic carbocycles. The van der Waals surface area contributed by atoms with Crippen LogP contribution in [0.5, 0.6) is 0 Å². The summed E-state index contributed by atoms with van der Waals surface area (Å²) in [5.74, 6) is -0.487. The van der Waals surface area contributed by atoms with Crippen LogP contribution in [0, 0.1) is 0 Å². The highest BCUT2D eigenvalue weighted by atomic mass is 79.9. The third-order valence-corrected chi connectivity index (χ3v) is 3.45. The van der Waals surface area contributed by atoms with Gasteiger partial charge in [0.05, 0.1) is 12.1 Å². The van der Waals surface area contributed by atoms with Crippen molar-refractivity contribution < 1.29 is 9.59 Å². The molecule has 0 spiro atoms. The number of carbonyl (C=O) groups is 2. The van der Waals surface area contributed by atoms with Crippen molar-refractivity contribution in [2.45, 2.75) is 18.9 Å². The Morgan fingerprint density at radius 1 is 1.39 bits per heavy atom. The van der Waals surface area contributed by atoms with Gasteiger partial charge >= 0.3 is 0 Å². The predicted molar refractivity (Wildman–Crippen MR) is 72.6 cm³/mol. The predicted octanol–water partition coefficient (Wildman–Crippen LogP) is 2.11. The van der Waals surface area contributed by atoms with Crippen molar-refractivity contribution in [3.63, 3.8) is 0 Å². The van der Waals surface area contributed by atoms with Gasteiger partial charge in [0.2, 0.25) is 5.91 Å². The third-order valence-electron chi connectivity index (χ3n) is 2.52. The van der Waals surface area contributed by atoms with E-state index in [2.05, 4.69) is 26.6 Å². The summed E-state index contributed by atoms with van der Waals surface area (Å²) in [6.45, 7) is -0.0196. The number of hydrogen-bond acceptors (Lipinski definition) is 2. The maximum Gasteiger partial charge on any atom is 0.252 e. The lowest BCUT2D eigenvalue weighted by molar-refractivity contribution is -0.120. The maximum atomic E-state index is 11.8. The summed E-state index contributed by atoms with van der Waals surface area (Å²) in [4.78, 5) is 23.3. The molecule has 0 unspecified atom stereocenters. The molecule has 96 valence electrons. The zero-order valence-electron chi connectivity index (χ0n) is 9.50. The quantitative estimate of drug-likeness (QED) is 0.888. The number of benzene rings is 1. The van der Waals surface area contributed by atoms with Gasteiger partial charge in [-0.15, -0.1) is 0 Å². The second-order valence-electron chi connectivity index (χ2n) is 4.15. The van der Waals surface area contributed by atoms with Gasteiger partial charge in [-0.05, 0) is 47.0 Å². The van der Waals surface area contributed by atoms with E-state index in [4.69, 9.17) is 11.6 Å². The van der Waals surface area contributed by atoms with Gasteiger partial charge in [0.25, 0.3) is 5.91 Å². The highest BCUT2D eigenvalue weighted by Gasteiger charge is 2.23. The van der Waals surface area contributed by atoms with E-state index in [0.717, 1.165) is 12.8 Å². The number of nitrogens with one attached hydrogen (secondary N) is 2. The summed E-state index contributed by atoms with van der Waals surface area (Å²) in [5, 5.41) is 5.83. The maximum absolute atomic E-state index is 11.8. The number of rotatable bonds is 4. The molecule has 0 bridgehead atoms. The highest BCUT2D eigenvalue weighted by molar-refractivity contribution is 9.10. The fourth-order valence-electron chi connectivity index (χ4n) is 1.43. The second-order valence-corrected chi connectivity index (χ2v) is 5.44. The minimum Gasteiger partial charge on any atom is -0.352 e. The van der Waals surface area contributed by atoms with Crippen molar-refractivity contribution >= 4 is 39.3 Å². The molecule has 1 fully saturated rings. The Balaban J connectivity index is 1.90. The average molecular weight is 332 g/mol. The van der Waals surface area contributed by atoms with Crippen LogP contribution in [0.15, 0.2) is 22.7 Å². The molecule has 0 radical (unpaired) electrons. The zero-order chi connectivity index (χ0) is 13.1. The molecule has 1 aromatic carbocycles. The van der Waals surface area contributed by atoms with E-state index >= 15 is 0 Å². The van der Waals surface area contributed by atoms with Crippen LogP contribution in [0.3, 0.4) is 0 Å². The van der Waals surface area contributed by atoms with E-state index < -0.39 is 0 Å². The molecule has 0 atom stereocenters. The first-order valence-electron chi connectivity index (χ1n) is 5.59. The minimum atomic E-state index is -0.324. The van der Waals surface area contributed by atoms with Crippen LogP contribution in [0.4, 0.5) is 0 Å². The largest absolute Gasteiger partial charge is 0.352 e. The van der Waals surface area contributed by atoms with Crippen LogP contribution >= 0.6 is 27.5 Å². The standard InChI is InChI=1S/C12H12BrClN2O2/c13-10-4-1-7(14)5-9(10)12(18)15-6-11(17)16-8-2-3-8/h1,4-5,8H,2-3,6H2,(H,15,18)(H,16,17). The first kappa shape index (κ1) is 13.4. The fraction of sp³-hybridized carbons (Fsp3) is 0.333. The number of halogens is 2. The topological polar surface area (TPSA) is 58.2 Å². The molecular weight excluding hydrogens is 320 g/mol. The molecule has 18 heavy (non-hydrogen) atoms. The lowest BCUT2D eigenvalue weighted by Crippen LogP contribution is -2.37. The van der Waals surface area contributed by atoms with Crippen molar-refractivity contribution in [1.82, 2.24) is 10.6 Å². The third kappa shape index (κ3) is 3.71. The molecule has 2 N–H and O–H groups in total. The number of carbonyl (C=O) groups excluding carboxylic acids is 2. The van der Waals surface area contributed by atoms with Crippen LogP contribution < -0.4 is 10.6 Å². The van der Waals surface area contributed by atoms with Gasteiger partial charge in [-0.1, -0.05) is 11.6 Å². The summed E-state index contributed by atoms with van der Waals surface area (Å²) in [5.41, 5.74) is 0.418. The van der Waals surface area contributed by atoms with E-state index in [1.165, 1.54) is 0 Å². The Bertz CT molecular complexity index is 489. The summed E-state index contributed by atoms with van der Waals surface area (Å²) >= 11 is 9.09. The molecular formula is C12H12BrClN2O2. The number of hydrogen-bond donors (Lipinski definition) is 2. The molecule has 2 rings (SSSR count). The van der Waals surface area contributed by atoms with E-state index in [9.17, 15) is 9.59 Å². The molecule has 0 heterocycles. The SMILES string of the molecule is O=C(CNC(=O)c1cc(Cl)ccc1Br)NC1CC1. The summed E-state index contributed by atoms with van der Waals surface area (Å²) in [6, 6.07) is 5.23. The first-order valence-corrected chi connectivity index (χ1v) is 6.76. The van der Waals surface area contributed by atoms with Gasteiger partial charge in [0, 0.05) is 15.5 Å². The zero-order valence-corrected chi connectivity index (χ0v) is 11.8. The molecule has 0 saturated heterocycles. The van der Waals surface area contributed by atoms with Crippen LogP contribution in [-0.4, -0.2) is 24.4 Å². The first-order chi connectivity index (χ1) is 8.56. The van der Waals surface area contributed by atoms with E-state index in [1.807, 2.05) is 0 Å². The van der Waals surface area contributed by atoms with E-state index in [0.29, 0.717) is 21.1 Å². The fourth-order valence-corrected chi connectivity index (χ4v) is 2.03. The molecule has 1 saturated carbocycles. The van der Waals surface area contributed by atoms with Crippen molar-refractivity contribution in [2.24, 2.45) is 0 Å². The van der Waals surface area contributed by atoms with Crippen LogP contribution in [0.1, 0.15) is 23.2 Å². The van der Waals surface area contributed by atoms with Gasteiger partial charge in [-0.2, -0.15) is 0 Å². The molecule has 4 nitrogen and oxygen atoms in total. The van der Waals surface area contributed by atoms with Gasteiger partial charge in [0.15, 0.2) is 0 Å². The molecule has 1 aliphatic rings. The molecule has 0 aromatic heterocycles. The van der Waals surface area contributed by atoms with Gasteiger partial charge in [0.1, 0.15) is 0 Å². The molecule has 1 aromatic rings. The highest BCUT2D eigenvalue weighted by Crippen LogP contribution is 2.21. The average Bonchev–Trinajstić information content (AvgIpc) is 3.13. The van der Waals surface area contributed by atoms with Crippen molar-refractivity contribution in [3.05, 3.63) is 33.3 Å². The molecule has 2 amide bonds. The smallest absolute Gasteiger partial charge is 0.252 e. The molecule has 0 aliphatic heterocycles. The second kappa shape index (κ2) is 5.71.